The topological polar surface area (TPSA) is 93.5 Å². The Hall–Kier alpha value is -2.91. The van der Waals surface area contributed by atoms with Crippen LogP contribution in [0, 0.1) is 0 Å². The Kier molecular flexibility index (Phi) is 7.42. The third-order valence-corrected chi connectivity index (χ3v) is 5.68. The molecule has 0 radical (unpaired) electrons. The van der Waals surface area contributed by atoms with Gasteiger partial charge in [-0.25, -0.2) is 9.19 Å². The van der Waals surface area contributed by atoms with Crippen LogP contribution in [0.5, 0.6) is 0 Å². The number of halogens is 1. The second-order valence-electron chi connectivity index (χ2n) is 6.12. The lowest BCUT2D eigenvalue weighted by Gasteiger charge is -2.14. The van der Waals surface area contributed by atoms with Crippen molar-refractivity contribution in [2.75, 3.05) is 16.6 Å². The van der Waals surface area contributed by atoms with Crippen molar-refractivity contribution >= 4 is 50.0 Å². The number of carbonyl (C=O) groups excluding carboxylic acids is 1. The molecule has 156 valence electrons. The van der Waals surface area contributed by atoms with Gasteiger partial charge in [-0.15, -0.1) is 0 Å². The second kappa shape index (κ2) is 10.2. The number of nitrogens with one attached hydrogen (secondary N) is 2. The van der Waals surface area contributed by atoms with Gasteiger partial charge < -0.3 is 19.2 Å². The van der Waals surface area contributed by atoms with E-state index in [-0.39, 0.29) is 19.0 Å². The standard InChI is InChI=1S/C21H20BrN3O4S/c1-3-28-20(26)12-15-4-7-18(24-14(2)21-23-10-11-29-21)13-19(15)30(27)25-17-8-5-16(22)6-9-17/h4-11,13,24-25H,2-3,12H2,1H3. The van der Waals surface area contributed by atoms with Gasteiger partial charge >= 0.3 is 5.97 Å². The number of esters is 1. The van der Waals surface area contributed by atoms with Crippen molar-refractivity contribution in [3.05, 3.63) is 77.4 Å². The molecule has 0 saturated heterocycles. The number of hydrogen-bond acceptors (Lipinski definition) is 6. The first-order valence-electron chi connectivity index (χ1n) is 9.04. The molecule has 3 aromatic rings. The fourth-order valence-electron chi connectivity index (χ4n) is 2.60. The maximum atomic E-state index is 13.1. The average Bonchev–Trinajstić information content (AvgIpc) is 3.26. The monoisotopic (exact) mass is 489 g/mol. The lowest BCUT2D eigenvalue weighted by atomic mass is 10.1. The predicted octanol–water partition coefficient (Wildman–Crippen LogP) is 4.76. The number of carbonyl (C=O) groups is 1. The number of benzene rings is 2. The lowest BCUT2D eigenvalue weighted by molar-refractivity contribution is -0.142. The molecular formula is C21H20BrN3O4S. The zero-order valence-corrected chi connectivity index (χ0v) is 18.6. The zero-order chi connectivity index (χ0) is 21.5. The van der Waals surface area contributed by atoms with E-state index in [1.807, 2.05) is 12.1 Å². The molecule has 0 amide bonds. The number of ether oxygens (including phenoxy) is 1. The van der Waals surface area contributed by atoms with E-state index in [9.17, 15) is 9.00 Å². The highest BCUT2D eigenvalue weighted by molar-refractivity contribution is 9.10. The van der Waals surface area contributed by atoms with Crippen LogP contribution >= 0.6 is 15.9 Å². The van der Waals surface area contributed by atoms with Crippen LogP contribution in [-0.4, -0.2) is 21.8 Å². The van der Waals surface area contributed by atoms with Crippen molar-refractivity contribution in [2.24, 2.45) is 0 Å². The largest absolute Gasteiger partial charge is 0.466 e. The van der Waals surface area contributed by atoms with Gasteiger partial charge in [0.1, 0.15) is 6.26 Å². The van der Waals surface area contributed by atoms with Crippen LogP contribution in [0.25, 0.3) is 5.70 Å². The quantitative estimate of drug-likeness (QED) is 0.420. The Morgan fingerprint density at radius 1 is 1.23 bits per heavy atom. The molecule has 7 nitrogen and oxygen atoms in total. The minimum atomic E-state index is -1.62. The third kappa shape index (κ3) is 5.80. The summed E-state index contributed by atoms with van der Waals surface area (Å²) in [6, 6.07) is 12.5. The van der Waals surface area contributed by atoms with Crippen LogP contribution in [0.15, 0.2) is 75.3 Å². The van der Waals surface area contributed by atoms with Crippen LogP contribution < -0.4 is 10.0 Å². The second-order valence-corrected chi connectivity index (χ2v) is 8.22. The van der Waals surface area contributed by atoms with E-state index in [1.54, 1.807) is 37.3 Å². The van der Waals surface area contributed by atoms with Crippen molar-refractivity contribution < 1.29 is 18.2 Å². The fourth-order valence-corrected chi connectivity index (χ4v) is 3.94. The first-order chi connectivity index (χ1) is 14.5. The Bertz CT molecular complexity index is 1050. The van der Waals surface area contributed by atoms with Crippen LogP contribution in [0.4, 0.5) is 11.4 Å². The van der Waals surface area contributed by atoms with Crippen LogP contribution in [-0.2, 0) is 26.9 Å². The van der Waals surface area contributed by atoms with E-state index in [1.165, 1.54) is 12.5 Å². The molecule has 0 aliphatic rings. The van der Waals surface area contributed by atoms with Crippen molar-refractivity contribution in [3.63, 3.8) is 0 Å². The van der Waals surface area contributed by atoms with Gasteiger partial charge in [0.05, 0.1) is 29.8 Å². The van der Waals surface area contributed by atoms with Gasteiger partial charge in [-0.3, -0.25) is 4.79 Å². The van der Waals surface area contributed by atoms with Crippen molar-refractivity contribution in [1.82, 2.24) is 4.98 Å². The minimum absolute atomic E-state index is 0.0118. The number of rotatable bonds is 9. The predicted molar refractivity (Wildman–Crippen MR) is 120 cm³/mol. The summed E-state index contributed by atoms with van der Waals surface area (Å²) in [7, 11) is -1.62. The van der Waals surface area contributed by atoms with Gasteiger partial charge in [-0.2, -0.15) is 0 Å². The molecule has 3 rings (SSSR count). The summed E-state index contributed by atoms with van der Waals surface area (Å²) in [5.41, 5.74) is 2.37. The van der Waals surface area contributed by atoms with Gasteiger partial charge in [-0.05, 0) is 48.9 Å². The van der Waals surface area contributed by atoms with E-state index >= 15 is 0 Å². The molecule has 1 heterocycles. The maximum absolute atomic E-state index is 13.1. The molecule has 0 fully saturated rings. The van der Waals surface area contributed by atoms with Gasteiger partial charge in [-0.1, -0.05) is 28.6 Å². The molecular weight excluding hydrogens is 470 g/mol. The molecule has 0 spiro atoms. The molecule has 1 unspecified atom stereocenters. The van der Waals surface area contributed by atoms with Crippen LogP contribution in [0.1, 0.15) is 18.4 Å². The highest BCUT2D eigenvalue weighted by Gasteiger charge is 2.16. The van der Waals surface area contributed by atoms with Gasteiger partial charge in [0.15, 0.2) is 11.0 Å². The van der Waals surface area contributed by atoms with Crippen molar-refractivity contribution in [2.45, 2.75) is 18.2 Å². The molecule has 30 heavy (non-hydrogen) atoms. The van der Waals surface area contributed by atoms with Gasteiger partial charge in [0.25, 0.3) is 0 Å². The van der Waals surface area contributed by atoms with E-state index in [0.717, 1.165) is 4.47 Å². The highest BCUT2D eigenvalue weighted by Crippen LogP contribution is 2.25. The first kappa shape index (κ1) is 21.8. The first-order valence-corrected chi connectivity index (χ1v) is 11.0. The molecule has 9 heteroatoms. The number of aromatic nitrogens is 1. The molecule has 0 saturated carbocycles. The van der Waals surface area contributed by atoms with E-state index in [0.29, 0.717) is 33.4 Å². The smallest absolute Gasteiger partial charge is 0.310 e. The van der Waals surface area contributed by atoms with E-state index in [4.69, 9.17) is 9.15 Å². The summed E-state index contributed by atoms with van der Waals surface area (Å²) in [5.74, 6) is -0.0365. The van der Waals surface area contributed by atoms with Crippen LogP contribution in [0.3, 0.4) is 0 Å². The summed E-state index contributed by atoms with van der Waals surface area (Å²) >= 11 is 3.37. The lowest BCUT2D eigenvalue weighted by Crippen LogP contribution is -2.13. The van der Waals surface area contributed by atoms with E-state index in [2.05, 4.69) is 37.5 Å². The number of hydrogen-bond donors (Lipinski definition) is 2. The number of anilines is 2. The Balaban J connectivity index is 1.86. The highest BCUT2D eigenvalue weighted by atomic mass is 79.9. The maximum Gasteiger partial charge on any atom is 0.310 e. The summed E-state index contributed by atoms with van der Waals surface area (Å²) in [6.45, 7) is 5.93. The summed E-state index contributed by atoms with van der Waals surface area (Å²) < 4.78 is 27.2. The zero-order valence-electron chi connectivity index (χ0n) is 16.2. The van der Waals surface area contributed by atoms with Gasteiger partial charge in [0, 0.05) is 15.8 Å². The van der Waals surface area contributed by atoms with Crippen LogP contribution in [0.2, 0.25) is 0 Å². The molecule has 0 bridgehead atoms. The molecule has 0 aliphatic heterocycles. The van der Waals surface area contributed by atoms with E-state index < -0.39 is 11.0 Å². The Labute approximate surface area is 185 Å². The molecule has 1 aromatic heterocycles. The van der Waals surface area contributed by atoms with Crippen molar-refractivity contribution in [3.8, 4) is 0 Å². The molecule has 1 atom stereocenters. The SMILES string of the molecule is C=C(Nc1ccc(CC(=O)OCC)c(S(=O)Nc2ccc(Br)cc2)c1)c1ncco1. The summed E-state index contributed by atoms with van der Waals surface area (Å²) in [4.78, 5) is 16.5. The Morgan fingerprint density at radius 3 is 2.63 bits per heavy atom. The normalized spacial score (nSPS) is 11.5. The molecule has 2 N–H and O–H groups in total. The van der Waals surface area contributed by atoms with Gasteiger partial charge in [0.2, 0.25) is 5.89 Å². The average molecular weight is 490 g/mol. The Morgan fingerprint density at radius 2 is 1.97 bits per heavy atom. The number of oxazole rings is 1. The number of nitrogens with zero attached hydrogens (tertiary/aromatic N) is 1. The third-order valence-electron chi connectivity index (χ3n) is 3.95. The van der Waals surface area contributed by atoms with Crippen molar-refractivity contribution in [1.29, 1.82) is 0 Å². The summed E-state index contributed by atoms with van der Waals surface area (Å²) in [5, 5.41) is 3.08. The minimum Gasteiger partial charge on any atom is -0.466 e. The summed E-state index contributed by atoms with van der Waals surface area (Å²) in [6.07, 6.45) is 2.98. The molecule has 2 aromatic carbocycles. The molecule has 0 aliphatic carbocycles. The fraction of sp³-hybridized carbons (Fsp3) is 0.143.